The van der Waals surface area contributed by atoms with Gasteiger partial charge in [0.15, 0.2) is 17.5 Å². The zero-order chi connectivity index (χ0) is 19.8. The minimum atomic E-state index is -3.34. The lowest BCUT2D eigenvalue weighted by molar-refractivity contribution is 0.304. The molecule has 0 saturated carbocycles. The van der Waals surface area contributed by atoms with Crippen LogP contribution in [0.5, 0.6) is 5.75 Å². The van der Waals surface area contributed by atoms with Gasteiger partial charge in [0.05, 0.1) is 19.3 Å². The maximum absolute atomic E-state index is 13.5. The van der Waals surface area contributed by atoms with Crippen molar-refractivity contribution in [1.82, 2.24) is 15.4 Å². The van der Waals surface area contributed by atoms with Gasteiger partial charge in [-0.15, -0.1) is 24.0 Å². The molecule has 1 rings (SSSR count). The van der Waals surface area contributed by atoms with E-state index in [1.807, 2.05) is 6.92 Å². The molecule has 0 aliphatic carbocycles. The molecular weight excluding hydrogens is 493 g/mol. The van der Waals surface area contributed by atoms with Crippen molar-refractivity contribution >= 4 is 40.0 Å². The number of benzene rings is 1. The van der Waals surface area contributed by atoms with Crippen LogP contribution in [0.3, 0.4) is 0 Å². The van der Waals surface area contributed by atoms with Crippen molar-refractivity contribution < 1.29 is 21.9 Å². The molecule has 0 amide bonds. The Balaban J connectivity index is 0.00000676. The Morgan fingerprint density at radius 3 is 2.48 bits per heavy atom. The van der Waals surface area contributed by atoms with Crippen LogP contribution in [0.1, 0.15) is 20.8 Å². The molecule has 0 bridgehead atoms. The van der Waals surface area contributed by atoms with Gasteiger partial charge in [-0.1, -0.05) is 0 Å². The first-order valence-electron chi connectivity index (χ1n) is 8.11. The van der Waals surface area contributed by atoms with Gasteiger partial charge in [0.25, 0.3) is 0 Å². The Kier molecular flexibility index (Phi) is 11.1. The number of ether oxygens (including phenoxy) is 1. The summed E-state index contributed by atoms with van der Waals surface area (Å²) in [7, 11) is -3.34. The SMILES string of the molecule is CCNC(=NCC(C)(C)NS(C)(=O)=O)NCCOc1ccc(F)cc1F.I. The van der Waals surface area contributed by atoms with E-state index in [1.165, 1.54) is 6.07 Å². The van der Waals surface area contributed by atoms with Gasteiger partial charge in [-0.2, -0.15) is 0 Å². The third kappa shape index (κ3) is 11.3. The maximum atomic E-state index is 13.5. The van der Waals surface area contributed by atoms with E-state index in [-0.39, 0.29) is 42.9 Å². The second kappa shape index (κ2) is 11.6. The first kappa shape index (κ1) is 25.8. The summed E-state index contributed by atoms with van der Waals surface area (Å²) in [5, 5.41) is 6.02. The van der Waals surface area contributed by atoms with E-state index in [4.69, 9.17) is 4.74 Å². The highest BCUT2D eigenvalue weighted by Gasteiger charge is 2.21. The van der Waals surface area contributed by atoms with Crippen LogP contribution in [0, 0.1) is 11.6 Å². The number of sulfonamides is 1. The van der Waals surface area contributed by atoms with Crippen LogP contribution in [0.4, 0.5) is 8.78 Å². The monoisotopic (exact) mass is 520 g/mol. The molecule has 11 heteroatoms. The smallest absolute Gasteiger partial charge is 0.209 e. The number of nitrogens with one attached hydrogen (secondary N) is 3. The van der Waals surface area contributed by atoms with Gasteiger partial charge in [0.2, 0.25) is 10.0 Å². The van der Waals surface area contributed by atoms with E-state index in [9.17, 15) is 17.2 Å². The predicted molar refractivity (Wildman–Crippen MR) is 113 cm³/mol. The Hall–Kier alpha value is -1.21. The van der Waals surface area contributed by atoms with Crippen molar-refractivity contribution in [3.8, 4) is 5.75 Å². The van der Waals surface area contributed by atoms with Crippen molar-refractivity contribution in [3.05, 3.63) is 29.8 Å². The lowest BCUT2D eigenvalue weighted by Gasteiger charge is -2.23. The largest absolute Gasteiger partial charge is 0.489 e. The fourth-order valence-corrected chi connectivity index (χ4v) is 3.14. The van der Waals surface area contributed by atoms with E-state index < -0.39 is 27.2 Å². The van der Waals surface area contributed by atoms with Gasteiger partial charge in [-0.05, 0) is 32.9 Å². The quantitative estimate of drug-likeness (QED) is 0.200. The van der Waals surface area contributed by atoms with Crippen LogP contribution in [-0.4, -0.2) is 52.4 Å². The highest BCUT2D eigenvalue weighted by molar-refractivity contribution is 14.0. The van der Waals surface area contributed by atoms with Gasteiger partial charge in [0.1, 0.15) is 12.4 Å². The summed E-state index contributed by atoms with van der Waals surface area (Å²) in [4.78, 5) is 4.33. The molecule has 1 aromatic rings. The maximum Gasteiger partial charge on any atom is 0.209 e. The van der Waals surface area contributed by atoms with E-state index in [0.717, 1.165) is 18.4 Å². The molecule has 0 aliphatic rings. The normalized spacial score (nSPS) is 12.3. The highest BCUT2D eigenvalue weighted by atomic mass is 127. The Labute approximate surface area is 176 Å². The van der Waals surface area contributed by atoms with Gasteiger partial charge >= 0.3 is 0 Å². The van der Waals surface area contributed by atoms with Gasteiger partial charge in [-0.3, -0.25) is 4.99 Å². The van der Waals surface area contributed by atoms with E-state index >= 15 is 0 Å². The van der Waals surface area contributed by atoms with Crippen LogP contribution in [-0.2, 0) is 10.0 Å². The van der Waals surface area contributed by atoms with Crippen LogP contribution in [0.2, 0.25) is 0 Å². The number of nitrogens with zero attached hydrogens (tertiary/aromatic N) is 1. The molecule has 1 aromatic carbocycles. The standard InChI is InChI=1S/C16H26F2N4O3S.HI/c1-5-19-15(21-11-16(2,3)22-26(4,23)24)20-8-9-25-14-7-6-12(17)10-13(14)18;/h6-7,10,22H,5,8-9,11H2,1-4H3,(H2,19,20,21);1H. The lowest BCUT2D eigenvalue weighted by atomic mass is 10.1. The Morgan fingerprint density at radius 1 is 1.26 bits per heavy atom. The van der Waals surface area contributed by atoms with Crippen LogP contribution in [0.15, 0.2) is 23.2 Å². The predicted octanol–water partition coefficient (Wildman–Crippen LogP) is 1.84. The van der Waals surface area contributed by atoms with E-state index in [2.05, 4.69) is 20.3 Å². The molecule has 27 heavy (non-hydrogen) atoms. The summed E-state index contributed by atoms with van der Waals surface area (Å²) in [6, 6.07) is 3.10. The average molecular weight is 520 g/mol. The number of hydrogen-bond donors (Lipinski definition) is 3. The Morgan fingerprint density at radius 2 is 1.93 bits per heavy atom. The van der Waals surface area contributed by atoms with Crippen molar-refractivity contribution in [3.63, 3.8) is 0 Å². The third-order valence-corrected chi connectivity index (χ3v) is 3.91. The lowest BCUT2D eigenvalue weighted by Crippen LogP contribution is -2.47. The van der Waals surface area contributed by atoms with Crippen molar-refractivity contribution in [2.45, 2.75) is 26.3 Å². The minimum Gasteiger partial charge on any atom is -0.489 e. The summed E-state index contributed by atoms with van der Waals surface area (Å²) in [5.74, 6) is -0.994. The van der Waals surface area contributed by atoms with Gasteiger partial charge < -0.3 is 15.4 Å². The molecule has 0 saturated heterocycles. The molecule has 0 spiro atoms. The molecule has 156 valence electrons. The summed E-state index contributed by atoms with van der Waals surface area (Å²) >= 11 is 0. The summed E-state index contributed by atoms with van der Waals surface area (Å²) in [5.41, 5.74) is -0.746. The zero-order valence-electron chi connectivity index (χ0n) is 15.8. The zero-order valence-corrected chi connectivity index (χ0v) is 19.0. The first-order valence-corrected chi connectivity index (χ1v) is 10.0. The fraction of sp³-hybridized carbons (Fsp3) is 0.562. The molecule has 0 atom stereocenters. The molecular formula is C16H27F2IN4O3S. The number of aliphatic imine (C=N–C) groups is 1. The summed E-state index contributed by atoms with van der Waals surface area (Å²) in [6.45, 7) is 6.62. The average Bonchev–Trinajstić information content (AvgIpc) is 2.48. The molecule has 0 fully saturated rings. The van der Waals surface area contributed by atoms with Crippen LogP contribution < -0.4 is 20.1 Å². The van der Waals surface area contributed by atoms with Gasteiger partial charge in [-0.25, -0.2) is 21.9 Å². The van der Waals surface area contributed by atoms with Crippen molar-refractivity contribution in [1.29, 1.82) is 0 Å². The second-order valence-electron chi connectivity index (χ2n) is 6.30. The molecule has 0 unspecified atom stereocenters. The van der Waals surface area contributed by atoms with Crippen LogP contribution >= 0.6 is 24.0 Å². The fourth-order valence-electron chi connectivity index (χ4n) is 2.08. The Bertz CT molecular complexity index is 730. The number of rotatable bonds is 9. The molecule has 7 nitrogen and oxygen atoms in total. The first-order chi connectivity index (χ1) is 12.0. The molecule has 0 radical (unpaired) electrons. The summed E-state index contributed by atoms with van der Waals surface area (Å²) < 4.78 is 56.8. The molecule has 0 heterocycles. The van der Waals surface area contributed by atoms with E-state index in [0.29, 0.717) is 19.0 Å². The third-order valence-electron chi connectivity index (χ3n) is 2.98. The van der Waals surface area contributed by atoms with E-state index in [1.54, 1.807) is 13.8 Å². The molecule has 0 aliphatic heterocycles. The number of halogens is 3. The van der Waals surface area contributed by atoms with Gasteiger partial charge in [0, 0.05) is 18.2 Å². The molecule has 0 aromatic heterocycles. The highest BCUT2D eigenvalue weighted by Crippen LogP contribution is 2.17. The van der Waals surface area contributed by atoms with Crippen LogP contribution in [0.25, 0.3) is 0 Å². The second-order valence-corrected chi connectivity index (χ2v) is 8.05. The molecule has 3 N–H and O–H groups in total. The van der Waals surface area contributed by atoms with Crippen molar-refractivity contribution in [2.75, 3.05) is 32.5 Å². The van der Waals surface area contributed by atoms with Crippen molar-refractivity contribution in [2.24, 2.45) is 4.99 Å². The number of hydrogen-bond acceptors (Lipinski definition) is 4. The minimum absolute atomic E-state index is 0. The topological polar surface area (TPSA) is 91.8 Å². The number of guanidine groups is 1. The summed E-state index contributed by atoms with van der Waals surface area (Å²) in [6.07, 6.45) is 1.09.